The summed E-state index contributed by atoms with van der Waals surface area (Å²) in [7, 11) is 0. The van der Waals surface area contributed by atoms with Crippen molar-refractivity contribution in [2.75, 3.05) is 18.4 Å². The second-order valence-corrected chi connectivity index (χ2v) is 5.17. The van der Waals surface area contributed by atoms with Crippen LogP contribution in [0.15, 0.2) is 24.3 Å². The fraction of sp³-hybridized carbons (Fsp3) is 0.467. The quantitative estimate of drug-likeness (QED) is 0.857. The predicted molar refractivity (Wildman–Crippen MR) is 78.5 cm³/mol. The number of rotatable bonds is 5. The molecule has 5 nitrogen and oxygen atoms in total. The van der Waals surface area contributed by atoms with Crippen molar-refractivity contribution in [1.82, 2.24) is 4.90 Å². The summed E-state index contributed by atoms with van der Waals surface area (Å²) in [5.74, 6) is -0.148. The Morgan fingerprint density at radius 3 is 2.20 bits per heavy atom. The molecule has 108 valence electrons. The van der Waals surface area contributed by atoms with Crippen molar-refractivity contribution in [3.05, 3.63) is 29.8 Å². The van der Waals surface area contributed by atoms with Crippen LogP contribution in [0, 0.1) is 0 Å². The van der Waals surface area contributed by atoms with Gasteiger partial charge >= 0.3 is 0 Å². The molecule has 0 saturated heterocycles. The molecule has 0 atom stereocenters. The molecule has 2 amide bonds. The van der Waals surface area contributed by atoms with Gasteiger partial charge in [-0.3, -0.25) is 9.59 Å². The number of hydrogen-bond acceptors (Lipinski definition) is 3. The maximum Gasteiger partial charge on any atom is 0.253 e. The highest BCUT2D eigenvalue weighted by atomic mass is 16.2. The number of carbonyl (C=O) groups is 2. The lowest BCUT2D eigenvalue weighted by molar-refractivity contribution is -0.118. The minimum absolute atomic E-state index is 0.00497. The van der Waals surface area contributed by atoms with Gasteiger partial charge in [-0.25, -0.2) is 0 Å². The van der Waals surface area contributed by atoms with Gasteiger partial charge in [0.25, 0.3) is 5.91 Å². The third kappa shape index (κ3) is 2.99. The molecule has 1 fully saturated rings. The molecule has 0 spiro atoms. The molecule has 0 unspecified atom stereocenters. The number of carbonyl (C=O) groups excluding carboxylic acids is 2. The van der Waals surface area contributed by atoms with Crippen molar-refractivity contribution < 1.29 is 9.59 Å². The summed E-state index contributed by atoms with van der Waals surface area (Å²) >= 11 is 0. The minimum Gasteiger partial charge on any atom is -0.339 e. The highest BCUT2D eigenvalue weighted by Gasteiger charge is 2.45. The highest BCUT2D eigenvalue weighted by molar-refractivity contribution is 6.00. The van der Waals surface area contributed by atoms with Gasteiger partial charge < -0.3 is 16.0 Å². The number of amides is 2. The Bertz CT molecular complexity index is 502. The van der Waals surface area contributed by atoms with Gasteiger partial charge in [-0.15, -0.1) is 0 Å². The molecule has 0 aliphatic heterocycles. The fourth-order valence-electron chi connectivity index (χ4n) is 2.01. The average Bonchev–Trinajstić information content (AvgIpc) is 3.20. The number of anilines is 1. The van der Waals surface area contributed by atoms with Crippen LogP contribution >= 0.6 is 0 Å². The zero-order valence-corrected chi connectivity index (χ0v) is 12.0. The smallest absolute Gasteiger partial charge is 0.253 e. The van der Waals surface area contributed by atoms with E-state index in [9.17, 15) is 9.59 Å². The van der Waals surface area contributed by atoms with Crippen molar-refractivity contribution in [2.24, 2.45) is 5.73 Å². The van der Waals surface area contributed by atoms with Gasteiger partial charge in [-0.1, -0.05) is 0 Å². The maximum atomic E-state index is 12.1. The Labute approximate surface area is 119 Å². The van der Waals surface area contributed by atoms with Crippen LogP contribution in [0.2, 0.25) is 0 Å². The van der Waals surface area contributed by atoms with E-state index in [1.54, 1.807) is 29.2 Å². The lowest BCUT2D eigenvalue weighted by Gasteiger charge is -2.18. The molecular weight excluding hydrogens is 254 g/mol. The maximum absolute atomic E-state index is 12.1. The molecule has 20 heavy (non-hydrogen) atoms. The van der Waals surface area contributed by atoms with Crippen LogP contribution in [-0.4, -0.2) is 35.3 Å². The average molecular weight is 275 g/mol. The van der Waals surface area contributed by atoms with Crippen molar-refractivity contribution in [1.29, 1.82) is 0 Å². The summed E-state index contributed by atoms with van der Waals surface area (Å²) in [5.41, 5.74) is 6.43. The van der Waals surface area contributed by atoms with Crippen molar-refractivity contribution in [3.63, 3.8) is 0 Å². The second-order valence-electron chi connectivity index (χ2n) is 5.17. The number of nitrogens with zero attached hydrogens (tertiary/aromatic N) is 1. The summed E-state index contributed by atoms with van der Waals surface area (Å²) in [4.78, 5) is 25.7. The normalized spacial score (nSPS) is 15.6. The molecule has 1 saturated carbocycles. The first-order valence-electron chi connectivity index (χ1n) is 7.00. The largest absolute Gasteiger partial charge is 0.339 e. The molecule has 1 aliphatic rings. The molecule has 0 aromatic heterocycles. The molecule has 1 aliphatic carbocycles. The third-order valence-corrected chi connectivity index (χ3v) is 3.68. The molecule has 3 N–H and O–H groups in total. The van der Waals surface area contributed by atoms with Crippen molar-refractivity contribution in [3.8, 4) is 0 Å². The van der Waals surface area contributed by atoms with E-state index in [-0.39, 0.29) is 11.8 Å². The Morgan fingerprint density at radius 1 is 1.20 bits per heavy atom. The zero-order chi connectivity index (χ0) is 14.8. The first-order valence-corrected chi connectivity index (χ1v) is 7.00. The second kappa shape index (κ2) is 5.63. The molecule has 0 radical (unpaired) electrons. The fourth-order valence-corrected chi connectivity index (χ4v) is 2.01. The van der Waals surface area contributed by atoms with Gasteiger partial charge in [0.15, 0.2) is 0 Å². The van der Waals surface area contributed by atoms with E-state index in [2.05, 4.69) is 5.32 Å². The van der Waals surface area contributed by atoms with E-state index >= 15 is 0 Å². The number of nitrogens with one attached hydrogen (secondary N) is 1. The van der Waals surface area contributed by atoms with Crippen LogP contribution < -0.4 is 11.1 Å². The SMILES string of the molecule is CCN(CC)C(=O)c1ccc(NC(=O)C2(N)CC2)cc1. The van der Waals surface area contributed by atoms with Crippen LogP contribution in [0.25, 0.3) is 0 Å². The van der Waals surface area contributed by atoms with E-state index in [1.807, 2.05) is 13.8 Å². The summed E-state index contributed by atoms with van der Waals surface area (Å²) in [6.45, 7) is 5.27. The Hall–Kier alpha value is -1.88. The first-order chi connectivity index (χ1) is 9.50. The van der Waals surface area contributed by atoms with Gasteiger partial charge in [-0.05, 0) is 51.0 Å². The summed E-state index contributed by atoms with van der Waals surface area (Å²) in [6, 6.07) is 6.93. The topological polar surface area (TPSA) is 75.4 Å². The van der Waals surface area contributed by atoms with Gasteiger partial charge in [-0.2, -0.15) is 0 Å². The lowest BCUT2D eigenvalue weighted by Crippen LogP contribution is -2.37. The van der Waals surface area contributed by atoms with Crippen LogP contribution in [0.4, 0.5) is 5.69 Å². The Balaban J connectivity index is 2.02. The van der Waals surface area contributed by atoms with E-state index in [1.165, 1.54) is 0 Å². The molecule has 0 heterocycles. The molecule has 2 rings (SSSR count). The standard InChI is InChI=1S/C15H21N3O2/c1-3-18(4-2)13(19)11-5-7-12(8-6-11)17-14(20)15(16)9-10-15/h5-8H,3-4,9-10,16H2,1-2H3,(H,17,20). The van der Waals surface area contributed by atoms with E-state index < -0.39 is 5.54 Å². The predicted octanol–water partition coefficient (Wildman–Crippen LogP) is 1.60. The van der Waals surface area contributed by atoms with Gasteiger partial charge in [0, 0.05) is 24.3 Å². The van der Waals surface area contributed by atoms with Crippen LogP contribution in [-0.2, 0) is 4.79 Å². The van der Waals surface area contributed by atoms with Crippen LogP contribution in [0.1, 0.15) is 37.0 Å². The monoisotopic (exact) mass is 275 g/mol. The molecule has 1 aromatic carbocycles. The van der Waals surface area contributed by atoms with Crippen molar-refractivity contribution >= 4 is 17.5 Å². The third-order valence-electron chi connectivity index (χ3n) is 3.68. The number of benzene rings is 1. The number of nitrogens with two attached hydrogens (primary N) is 1. The van der Waals surface area contributed by atoms with Gasteiger partial charge in [0.2, 0.25) is 5.91 Å². The van der Waals surface area contributed by atoms with Crippen molar-refractivity contribution in [2.45, 2.75) is 32.2 Å². The molecule has 0 bridgehead atoms. The van der Waals surface area contributed by atoms with Gasteiger partial charge in [0.1, 0.15) is 0 Å². The Kier molecular flexibility index (Phi) is 4.09. The minimum atomic E-state index is -0.685. The highest BCUT2D eigenvalue weighted by Crippen LogP contribution is 2.33. The molecule has 5 heteroatoms. The van der Waals surface area contributed by atoms with Crippen LogP contribution in [0.3, 0.4) is 0 Å². The lowest BCUT2D eigenvalue weighted by atomic mass is 10.1. The first kappa shape index (κ1) is 14.5. The summed E-state index contributed by atoms with van der Waals surface area (Å²) in [5, 5.41) is 2.78. The van der Waals surface area contributed by atoms with Gasteiger partial charge in [0.05, 0.1) is 5.54 Å². The molecule has 1 aromatic rings. The zero-order valence-electron chi connectivity index (χ0n) is 12.0. The Morgan fingerprint density at radius 2 is 1.75 bits per heavy atom. The summed E-state index contributed by atoms with van der Waals surface area (Å²) < 4.78 is 0. The van der Waals surface area contributed by atoms with E-state index in [0.717, 1.165) is 12.8 Å². The summed E-state index contributed by atoms with van der Waals surface area (Å²) in [6.07, 6.45) is 1.47. The molecular formula is C15H21N3O2. The van der Waals surface area contributed by atoms with E-state index in [4.69, 9.17) is 5.73 Å². The van der Waals surface area contributed by atoms with E-state index in [0.29, 0.717) is 24.3 Å². The number of hydrogen-bond donors (Lipinski definition) is 2. The van der Waals surface area contributed by atoms with Crippen LogP contribution in [0.5, 0.6) is 0 Å².